The van der Waals surface area contributed by atoms with Crippen LogP contribution in [0.1, 0.15) is 50.6 Å². The van der Waals surface area contributed by atoms with Crippen LogP contribution in [-0.2, 0) is 0 Å². The average Bonchev–Trinajstić information content (AvgIpc) is 2.37. The summed E-state index contributed by atoms with van der Waals surface area (Å²) in [5.74, 6) is 0. The van der Waals surface area contributed by atoms with Crippen LogP contribution in [0.5, 0.6) is 0 Å². The Morgan fingerprint density at radius 1 is 1.33 bits per heavy atom. The fraction of sp³-hybridized carbons (Fsp3) is 0.600. The molecule has 18 heavy (non-hydrogen) atoms. The molecule has 0 amide bonds. The van der Waals surface area contributed by atoms with Gasteiger partial charge in [-0.15, -0.1) is 0 Å². The standard InChI is InChI=1S/C15H22BrNO/c1-12(13-6-5-7-14(16)10-13)17-11-15(18)8-3-2-4-9-15/h5-7,10,12,17-18H,2-4,8-9,11H2,1H3/t12-/m0/s1. The largest absolute Gasteiger partial charge is 0.389 e. The molecule has 0 saturated heterocycles. The summed E-state index contributed by atoms with van der Waals surface area (Å²) in [6.45, 7) is 2.84. The maximum Gasteiger partial charge on any atom is 0.0771 e. The zero-order valence-electron chi connectivity index (χ0n) is 11.0. The minimum atomic E-state index is -0.488. The normalized spacial score (nSPS) is 20.6. The summed E-state index contributed by atoms with van der Waals surface area (Å²) in [5.41, 5.74) is 0.766. The second-order valence-corrected chi connectivity index (χ2v) is 6.36. The van der Waals surface area contributed by atoms with Crippen molar-refractivity contribution in [3.8, 4) is 0 Å². The fourth-order valence-electron chi connectivity index (χ4n) is 2.62. The second kappa shape index (κ2) is 6.18. The van der Waals surface area contributed by atoms with Crippen molar-refractivity contribution in [3.05, 3.63) is 34.3 Å². The van der Waals surface area contributed by atoms with Crippen LogP contribution < -0.4 is 5.32 Å². The molecule has 2 rings (SSSR count). The number of benzene rings is 1. The van der Waals surface area contributed by atoms with Crippen LogP contribution in [0.2, 0.25) is 0 Å². The number of hydrogen-bond donors (Lipinski definition) is 2. The van der Waals surface area contributed by atoms with E-state index in [0.29, 0.717) is 6.54 Å². The molecule has 1 aliphatic carbocycles. The number of rotatable bonds is 4. The lowest BCUT2D eigenvalue weighted by Gasteiger charge is -2.33. The zero-order chi connectivity index (χ0) is 13.0. The summed E-state index contributed by atoms with van der Waals surface area (Å²) >= 11 is 3.49. The molecule has 0 unspecified atom stereocenters. The summed E-state index contributed by atoms with van der Waals surface area (Å²) in [6, 6.07) is 8.60. The van der Waals surface area contributed by atoms with Gasteiger partial charge in [-0.2, -0.15) is 0 Å². The summed E-state index contributed by atoms with van der Waals surface area (Å²) in [4.78, 5) is 0. The van der Waals surface area contributed by atoms with Crippen molar-refractivity contribution in [1.29, 1.82) is 0 Å². The predicted molar refractivity (Wildman–Crippen MR) is 78.6 cm³/mol. The SMILES string of the molecule is C[C@H](NCC1(O)CCCCC1)c1cccc(Br)c1. The predicted octanol–water partition coefficient (Wildman–Crippen LogP) is 3.79. The van der Waals surface area contributed by atoms with Crippen molar-refractivity contribution < 1.29 is 5.11 Å². The molecule has 0 aliphatic heterocycles. The average molecular weight is 312 g/mol. The Morgan fingerprint density at radius 3 is 2.72 bits per heavy atom. The molecule has 2 nitrogen and oxygen atoms in total. The summed E-state index contributed by atoms with van der Waals surface area (Å²) in [7, 11) is 0. The lowest BCUT2D eigenvalue weighted by atomic mass is 9.84. The summed E-state index contributed by atoms with van der Waals surface area (Å²) in [5, 5.41) is 13.9. The number of aliphatic hydroxyl groups is 1. The Bertz CT molecular complexity index is 388. The van der Waals surface area contributed by atoms with Crippen molar-refractivity contribution in [3.63, 3.8) is 0 Å². The van der Waals surface area contributed by atoms with Crippen LogP contribution in [0.4, 0.5) is 0 Å². The summed E-state index contributed by atoms with van der Waals surface area (Å²) in [6.07, 6.45) is 5.45. The van der Waals surface area contributed by atoms with Gasteiger partial charge in [0.1, 0.15) is 0 Å². The van der Waals surface area contributed by atoms with E-state index in [2.05, 4.69) is 40.3 Å². The van der Waals surface area contributed by atoms with Crippen LogP contribution in [0.25, 0.3) is 0 Å². The van der Waals surface area contributed by atoms with Gasteiger partial charge in [0.25, 0.3) is 0 Å². The molecule has 1 atom stereocenters. The molecule has 1 aliphatic rings. The first-order valence-electron chi connectivity index (χ1n) is 6.80. The van der Waals surface area contributed by atoms with Gasteiger partial charge in [-0.25, -0.2) is 0 Å². The minimum Gasteiger partial charge on any atom is -0.389 e. The van der Waals surface area contributed by atoms with E-state index in [1.807, 2.05) is 12.1 Å². The highest BCUT2D eigenvalue weighted by Crippen LogP contribution is 2.28. The van der Waals surface area contributed by atoms with Crippen LogP contribution in [0.15, 0.2) is 28.7 Å². The Hall–Kier alpha value is -0.380. The lowest BCUT2D eigenvalue weighted by molar-refractivity contribution is 0.00300. The van der Waals surface area contributed by atoms with Gasteiger partial charge < -0.3 is 10.4 Å². The van der Waals surface area contributed by atoms with Crippen molar-refractivity contribution in [2.75, 3.05) is 6.54 Å². The molecule has 3 heteroatoms. The van der Waals surface area contributed by atoms with Gasteiger partial charge in [-0.1, -0.05) is 47.3 Å². The number of nitrogens with one attached hydrogen (secondary N) is 1. The van der Waals surface area contributed by atoms with Crippen LogP contribution >= 0.6 is 15.9 Å². The second-order valence-electron chi connectivity index (χ2n) is 5.44. The van der Waals surface area contributed by atoms with Crippen molar-refractivity contribution in [2.45, 2.75) is 50.7 Å². The number of hydrogen-bond acceptors (Lipinski definition) is 2. The Morgan fingerprint density at radius 2 is 2.06 bits per heavy atom. The van der Waals surface area contributed by atoms with E-state index in [1.54, 1.807) is 0 Å². The van der Waals surface area contributed by atoms with E-state index in [-0.39, 0.29) is 6.04 Å². The highest BCUT2D eigenvalue weighted by atomic mass is 79.9. The van der Waals surface area contributed by atoms with Gasteiger partial charge in [-0.05, 0) is 37.5 Å². The minimum absolute atomic E-state index is 0.272. The third-order valence-electron chi connectivity index (χ3n) is 3.87. The van der Waals surface area contributed by atoms with E-state index >= 15 is 0 Å². The summed E-state index contributed by atoms with van der Waals surface area (Å²) < 4.78 is 1.10. The topological polar surface area (TPSA) is 32.3 Å². The molecular formula is C15H22BrNO. The fourth-order valence-corrected chi connectivity index (χ4v) is 3.04. The molecule has 2 N–H and O–H groups in total. The molecule has 0 aromatic heterocycles. The van der Waals surface area contributed by atoms with E-state index in [1.165, 1.54) is 12.0 Å². The highest BCUT2D eigenvalue weighted by molar-refractivity contribution is 9.10. The molecule has 1 saturated carbocycles. The van der Waals surface area contributed by atoms with Gasteiger partial charge in [0.05, 0.1) is 5.60 Å². The Labute approximate surface area is 118 Å². The van der Waals surface area contributed by atoms with Crippen LogP contribution in [0.3, 0.4) is 0 Å². The quantitative estimate of drug-likeness (QED) is 0.886. The Balaban J connectivity index is 1.89. The van der Waals surface area contributed by atoms with Gasteiger partial charge in [0, 0.05) is 17.1 Å². The van der Waals surface area contributed by atoms with E-state index in [4.69, 9.17) is 0 Å². The molecule has 0 bridgehead atoms. The van der Waals surface area contributed by atoms with Gasteiger partial charge in [0.15, 0.2) is 0 Å². The molecule has 1 aromatic rings. The Kier molecular flexibility index (Phi) is 4.82. The molecule has 0 spiro atoms. The van der Waals surface area contributed by atoms with Crippen molar-refractivity contribution in [1.82, 2.24) is 5.32 Å². The van der Waals surface area contributed by atoms with Crippen LogP contribution in [-0.4, -0.2) is 17.3 Å². The van der Waals surface area contributed by atoms with E-state index in [0.717, 1.165) is 30.2 Å². The van der Waals surface area contributed by atoms with E-state index in [9.17, 15) is 5.11 Å². The maximum absolute atomic E-state index is 10.4. The smallest absolute Gasteiger partial charge is 0.0771 e. The molecule has 0 heterocycles. The highest BCUT2D eigenvalue weighted by Gasteiger charge is 2.29. The van der Waals surface area contributed by atoms with Gasteiger partial charge in [-0.3, -0.25) is 0 Å². The number of halogens is 1. The first-order valence-corrected chi connectivity index (χ1v) is 7.60. The van der Waals surface area contributed by atoms with Crippen molar-refractivity contribution in [2.24, 2.45) is 0 Å². The molecule has 1 fully saturated rings. The van der Waals surface area contributed by atoms with Crippen LogP contribution in [0, 0.1) is 0 Å². The van der Waals surface area contributed by atoms with Crippen molar-refractivity contribution >= 4 is 15.9 Å². The molecule has 1 aromatic carbocycles. The molecule has 0 radical (unpaired) electrons. The first kappa shape index (κ1) is 14.0. The van der Waals surface area contributed by atoms with Gasteiger partial charge in [0.2, 0.25) is 0 Å². The third kappa shape index (κ3) is 3.81. The third-order valence-corrected chi connectivity index (χ3v) is 4.36. The first-order chi connectivity index (χ1) is 8.59. The van der Waals surface area contributed by atoms with Gasteiger partial charge >= 0.3 is 0 Å². The monoisotopic (exact) mass is 311 g/mol. The zero-order valence-corrected chi connectivity index (χ0v) is 12.5. The molecule has 100 valence electrons. The lowest BCUT2D eigenvalue weighted by Crippen LogP contribution is -2.42. The molecular weight excluding hydrogens is 290 g/mol. The maximum atomic E-state index is 10.4. The van der Waals surface area contributed by atoms with E-state index < -0.39 is 5.60 Å².